The fraction of sp³-hybridized carbons (Fsp3) is 0.292. The number of fused-ring (bicyclic) bond motifs is 4. The van der Waals surface area contributed by atoms with E-state index in [-0.39, 0.29) is 12.8 Å². The van der Waals surface area contributed by atoms with Crippen LogP contribution in [0.15, 0.2) is 71.2 Å². The molecule has 0 saturated carbocycles. The summed E-state index contributed by atoms with van der Waals surface area (Å²) in [5.74, 6) is 0.618. The summed E-state index contributed by atoms with van der Waals surface area (Å²) in [4.78, 5) is 4.70. The Balaban J connectivity index is 0.000000941. The second-order valence-corrected chi connectivity index (χ2v) is 7.22. The summed E-state index contributed by atoms with van der Waals surface area (Å²) >= 11 is 6.37. The summed E-state index contributed by atoms with van der Waals surface area (Å²) in [7, 11) is 0. The van der Waals surface area contributed by atoms with Crippen molar-refractivity contribution < 1.29 is 5.11 Å². The lowest BCUT2D eigenvalue weighted by molar-refractivity contribution is 0.280. The molecule has 0 amide bonds. The number of benzene rings is 2. The molecule has 4 bridgehead atoms. The zero-order chi connectivity index (χ0) is 21.2. The maximum atomic E-state index is 9.67. The lowest BCUT2D eigenvalue weighted by Gasteiger charge is -2.16. The predicted molar refractivity (Wildman–Crippen MR) is 126 cm³/mol. The van der Waals surface area contributed by atoms with E-state index < -0.39 is 0 Å². The monoisotopic (exact) mass is 411 g/mol. The van der Waals surface area contributed by atoms with Gasteiger partial charge in [0, 0.05) is 11.4 Å². The van der Waals surface area contributed by atoms with Crippen LogP contribution < -0.4 is 10.6 Å². The van der Waals surface area contributed by atoms with Gasteiger partial charge in [-0.25, -0.2) is 4.99 Å². The van der Waals surface area contributed by atoms with Gasteiger partial charge in [0.05, 0.1) is 11.6 Å². The average molecular weight is 412 g/mol. The molecule has 2 aromatic carbocycles. The minimum Gasteiger partial charge on any atom is -0.392 e. The van der Waals surface area contributed by atoms with Gasteiger partial charge in [0.25, 0.3) is 0 Å². The Hall–Kier alpha value is -2.56. The number of nitrogens with one attached hydrogen (secondary N) is 2. The third-order valence-electron chi connectivity index (χ3n) is 4.43. The molecular weight excluding hydrogens is 382 g/mol. The number of nitrogens with zero attached hydrogens (tertiary/aromatic N) is 1. The van der Waals surface area contributed by atoms with Gasteiger partial charge >= 0.3 is 0 Å². The zero-order valence-corrected chi connectivity index (χ0v) is 18.1. The van der Waals surface area contributed by atoms with E-state index >= 15 is 0 Å². The van der Waals surface area contributed by atoms with Gasteiger partial charge < -0.3 is 15.7 Å². The minimum absolute atomic E-state index is 0.0325. The molecule has 0 aliphatic carbocycles. The number of hydrogen-bond acceptors (Lipinski definition) is 4. The molecule has 2 aromatic rings. The number of aliphatic hydroxyl groups is 1. The molecule has 0 radical (unpaired) electrons. The van der Waals surface area contributed by atoms with Crippen LogP contribution in [0, 0.1) is 0 Å². The molecule has 1 aliphatic heterocycles. The minimum atomic E-state index is -0.140. The molecule has 0 saturated heterocycles. The van der Waals surface area contributed by atoms with Gasteiger partial charge in [-0.3, -0.25) is 0 Å². The Morgan fingerprint density at radius 3 is 2.66 bits per heavy atom. The first kappa shape index (κ1) is 22.7. The summed E-state index contributed by atoms with van der Waals surface area (Å²) in [6.45, 7) is 9.16. The van der Waals surface area contributed by atoms with Crippen molar-refractivity contribution in [2.24, 2.45) is 4.99 Å². The number of aliphatic hydroxyl groups excluding tert-OH is 1. The molecule has 1 aliphatic rings. The molecule has 0 aromatic heterocycles. The van der Waals surface area contributed by atoms with Crippen LogP contribution in [0.3, 0.4) is 0 Å². The lowest BCUT2D eigenvalue weighted by Crippen LogP contribution is -2.20. The highest BCUT2D eigenvalue weighted by Gasteiger charge is 2.11. The van der Waals surface area contributed by atoms with Gasteiger partial charge in [-0.05, 0) is 74.6 Å². The van der Waals surface area contributed by atoms with Crippen molar-refractivity contribution in [1.82, 2.24) is 0 Å². The highest BCUT2D eigenvalue weighted by atomic mass is 35.5. The third-order valence-corrected chi connectivity index (χ3v) is 4.82. The van der Waals surface area contributed by atoms with Gasteiger partial charge in [-0.2, -0.15) is 0 Å². The summed E-state index contributed by atoms with van der Waals surface area (Å²) in [6, 6.07) is 14.3. The predicted octanol–water partition coefficient (Wildman–Crippen LogP) is 5.88. The van der Waals surface area contributed by atoms with Crippen LogP contribution in [-0.4, -0.2) is 17.1 Å². The Labute approximate surface area is 179 Å². The van der Waals surface area contributed by atoms with E-state index in [1.807, 2.05) is 45.0 Å². The fourth-order valence-corrected chi connectivity index (χ4v) is 3.18. The molecule has 1 heterocycles. The number of halogens is 1. The van der Waals surface area contributed by atoms with E-state index in [1.165, 1.54) is 5.56 Å². The zero-order valence-electron chi connectivity index (χ0n) is 17.4. The van der Waals surface area contributed by atoms with E-state index in [2.05, 4.69) is 41.5 Å². The molecule has 154 valence electrons. The number of allylic oxidation sites excluding steroid dienone is 2. The summed E-state index contributed by atoms with van der Waals surface area (Å²) in [6.07, 6.45) is 5.19. The van der Waals surface area contributed by atoms with Crippen LogP contribution in [0.2, 0.25) is 0 Å². The maximum Gasteiger partial charge on any atom is 0.146 e. The van der Waals surface area contributed by atoms with Crippen LogP contribution in [0.4, 0.5) is 11.4 Å². The number of aliphatic imine (C=N–C) groups is 1. The molecule has 29 heavy (non-hydrogen) atoms. The smallest absolute Gasteiger partial charge is 0.146 e. The van der Waals surface area contributed by atoms with Crippen LogP contribution in [0.5, 0.6) is 0 Å². The highest BCUT2D eigenvalue weighted by molar-refractivity contribution is 6.44. The molecule has 1 unspecified atom stereocenters. The van der Waals surface area contributed by atoms with Gasteiger partial charge in [0.1, 0.15) is 12.0 Å². The van der Waals surface area contributed by atoms with E-state index in [0.29, 0.717) is 10.9 Å². The van der Waals surface area contributed by atoms with E-state index in [1.54, 1.807) is 6.08 Å². The number of hydrogen-bond donors (Lipinski definition) is 3. The number of rotatable bonds is 2. The molecular formula is C24H30ClN3O. The van der Waals surface area contributed by atoms with Crippen molar-refractivity contribution in [3.8, 4) is 0 Å². The SMILES string of the molecule is C/C=C(Cl)\C1=N/C(C)Nc2cccc(c2)CCc2cc(ccc2CO)N1.C=CC. The van der Waals surface area contributed by atoms with Crippen LogP contribution in [-0.2, 0) is 19.4 Å². The molecule has 5 heteroatoms. The Bertz CT molecular complexity index is 889. The second kappa shape index (κ2) is 11.4. The van der Waals surface area contributed by atoms with Crippen molar-refractivity contribution in [1.29, 1.82) is 0 Å². The first-order valence-electron chi connectivity index (χ1n) is 9.82. The van der Waals surface area contributed by atoms with E-state index in [4.69, 9.17) is 16.6 Å². The summed E-state index contributed by atoms with van der Waals surface area (Å²) in [5, 5.41) is 17.0. The van der Waals surface area contributed by atoms with Crippen LogP contribution in [0.1, 0.15) is 37.5 Å². The number of amidine groups is 1. The molecule has 0 fully saturated rings. The van der Waals surface area contributed by atoms with Crippen molar-refractivity contribution in [2.75, 3.05) is 10.6 Å². The van der Waals surface area contributed by atoms with Crippen molar-refractivity contribution >= 4 is 28.8 Å². The topological polar surface area (TPSA) is 56.7 Å². The number of aryl methyl sites for hydroxylation is 2. The van der Waals surface area contributed by atoms with Crippen molar-refractivity contribution in [2.45, 2.75) is 46.4 Å². The van der Waals surface area contributed by atoms with Gasteiger partial charge in [-0.1, -0.05) is 42.0 Å². The summed E-state index contributed by atoms with van der Waals surface area (Å²) < 4.78 is 0. The van der Waals surface area contributed by atoms with Crippen LogP contribution in [0.25, 0.3) is 0 Å². The highest BCUT2D eigenvalue weighted by Crippen LogP contribution is 2.22. The average Bonchev–Trinajstić information content (AvgIpc) is 2.72. The van der Waals surface area contributed by atoms with E-state index in [9.17, 15) is 5.11 Å². The van der Waals surface area contributed by atoms with Gasteiger partial charge in [-0.15, -0.1) is 6.58 Å². The van der Waals surface area contributed by atoms with Gasteiger partial charge in [0.15, 0.2) is 0 Å². The van der Waals surface area contributed by atoms with Crippen LogP contribution >= 0.6 is 11.6 Å². The summed E-state index contributed by atoms with van der Waals surface area (Å²) in [5.41, 5.74) is 5.26. The first-order chi connectivity index (χ1) is 14.0. The van der Waals surface area contributed by atoms with Crippen molar-refractivity contribution in [3.05, 3.63) is 82.9 Å². The Kier molecular flexibility index (Phi) is 8.97. The second-order valence-electron chi connectivity index (χ2n) is 6.81. The van der Waals surface area contributed by atoms with Gasteiger partial charge in [0.2, 0.25) is 0 Å². The number of anilines is 2. The lowest BCUT2D eigenvalue weighted by atomic mass is 9.99. The Morgan fingerprint density at radius 2 is 1.97 bits per heavy atom. The molecule has 3 rings (SSSR count). The molecule has 4 nitrogen and oxygen atoms in total. The normalized spacial score (nSPS) is 18.2. The fourth-order valence-electron chi connectivity index (χ4n) is 3.08. The Morgan fingerprint density at radius 1 is 1.21 bits per heavy atom. The van der Waals surface area contributed by atoms with Crippen molar-refractivity contribution in [3.63, 3.8) is 0 Å². The molecule has 3 N–H and O–H groups in total. The first-order valence-corrected chi connectivity index (χ1v) is 10.2. The standard InChI is InChI=1S/C21H24ClN3O.C3H6/c1-3-20(22)21-24-14(2)23-18-6-4-5-15(11-18)7-8-16-12-19(25-21)10-9-17(16)13-26;1-3-2/h3-6,9-12,14,23,26H,7-8,13H2,1-2H3,(H,24,25);3H,1H2,2H3/b20-3+;. The molecule has 1 atom stereocenters. The maximum absolute atomic E-state index is 9.67. The van der Waals surface area contributed by atoms with E-state index in [0.717, 1.165) is 35.3 Å². The third kappa shape index (κ3) is 6.77. The quantitative estimate of drug-likeness (QED) is 0.540. The molecule has 0 spiro atoms. The largest absolute Gasteiger partial charge is 0.392 e.